The van der Waals surface area contributed by atoms with Crippen LogP contribution in [-0.4, -0.2) is 42.7 Å². The summed E-state index contributed by atoms with van der Waals surface area (Å²) in [6.45, 7) is 0.639. The topological polar surface area (TPSA) is 93.1 Å². The molecule has 0 aromatic heterocycles. The molecule has 0 fully saturated rings. The van der Waals surface area contributed by atoms with Crippen LogP contribution in [0.2, 0.25) is 5.02 Å². The zero-order valence-electron chi connectivity index (χ0n) is 15.6. The van der Waals surface area contributed by atoms with Crippen LogP contribution in [0.1, 0.15) is 17.7 Å². The molecule has 2 aromatic carbocycles. The Kier molecular flexibility index (Phi) is 6.34. The van der Waals surface area contributed by atoms with Gasteiger partial charge < -0.3 is 14.6 Å². The Bertz CT molecular complexity index is 948. The van der Waals surface area contributed by atoms with Gasteiger partial charge in [-0.15, -0.1) is 11.8 Å². The minimum atomic E-state index is -1.21. The van der Waals surface area contributed by atoms with Gasteiger partial charge in [-0.2, -0.15) is 0 Å². The van der Waals surface area contributed by atoms with Crippen LogP contribution in [0.25, 0.3) is 0 Å². The smallest absolute Gasteiger partial charge is 0.323 e. The van der Waals surface area contributed by atoms with Gasteiger partial charge >= 0.3 is 11.9 Å². The predicted octanol–water partition coefficient (Wildman–Crippen LogP) is 3.54. The number of fused-ring (bicyclic) bond motifs is 1. The maximum absolute atomic E-state index is 13.3. The Morgan fingerprint density at radius 2 is 1.90 bits per heavy atom. The minimum Gasteiger partial charge on any atom is -0.497 e. The summed E-state index contributed by atoms with van der Waals surface area (Å²) in [6.07, 6.45) is -1.21. The summed E-state index contributed by atoms with van der Waals surface area (Å²) >= 11 is 7.42. The highest BCUT2D eigenvalue weighted by Crippen LogP contribution is 2.47. The van der Waals surface area contributed by atoms with Crippen LogP contribution in [0.4, 0.5) is 5.69 Å². The molecule has 1 N–H and O–H groups in total. The van der Waals surface area contributed by atoms with Gasteiger partial charge in [-0.3, -0.25) is 19.3 Å². The molecular weight excluding hydrogens is 418 g/mol. The molecule has 0 saturated heterocycles. The van der Waals surface area contributed by atoms with E-state index in [0.717, 1.165) is 10.5 Å². The van der Waals surface area contributed by atoms with Crippen molar-refractivity contribution in [3.63, 3.8) is 0 Å². The van der Waals surface area contributed by atoms with Crippen LogP contribution < -0.4 is 9.64 Å². The number of carbonyl (C=O) groups excluding carboxylic acids is 2. The molecule has 9 heteroatoms. The molecule has 0 bridgehead atoms. The van der Waals surface area contributed by atoms with Crippen molar-refractivity contribution in [3.8, 4) is 5.75 Å². The minimum absolute atomic E-state index is 0.403. The summed E-state index contributed by atoms with van der Waals surface area (Å²) in [4.78, 5) is 38.2. The van der Waals surface area contributed by atoms with Crippen LogP contribution in [0.15, 0.2) is 47.4 Å². The average molecular weight is 436 g/mol. The zero-order valence-corrected chi connectivity index (χ0v) is 17.2. The summed E-state index contributed by atoms with van der Waals surface area (Å²) in [7, 11) is 1.54. The van der Waals surface area contributed by atoms with Gasteiger partial charge in [0.05, 0.1) is 18.0 Å². The molecule has 152 valence electrons. The number of aliphatic carboxylic acids is 1. The quantitative estimate of drug-likeness (QED) is 0.718. The first-order chi connectivity index (χ1) is 13.8. The van der Waals surface area contributed by atoms with Crippen molar-refractivity contribution < 1.29 is 29.0 Å². The molecular formula is C20H18ClNO6S. The molecule has 1 aliphatic rings. The lowest BCUT2D eigenvalue weighted by Crippen LogP contribution is -2.44. The number of nitrogens with zero attached hydrogens (tertiary/aromatic N) is 1. The first-order valence-electron chi connectivity index (χ1n) is 8.60. The molecule has 2 unspecified atom stereocenters. The normalized spacial score (nSPS) is 18.6. The Morgan fingerprint density at radius 1 is 1.21 bits per heavy atom. The predicted molar refractivity (Wildman–Crippen MR) is 109 cm³/mol. The number of thioether (sulfide) groups is 1. The highest BCUT2D eigenvalue weighted by Gasteiger charge is 2.41. The van der Waals surface area contributed by atoms with E-state index in [-0.39, 0.29) is 0 Å². The standard InChI is InChI=1S/C20H18ClNO6S/c1-11(23)28-18-19(12-3-6-14(27-2)7-4-12)29-16-9-13(21)5-8-15(16)22(20(18)26)10-17(24)25/h3-9,18-19H,10H2,1-2H3,(H,24,25). The highest BCUT2D eigenvalue weighted by atomic mass is 35.5. The van der Waals surface area contributed by atoms with Crippen molar-refractivity contribution in [2.75, 3.05) is 18.6 Å². The number of ether oxygens (including phenoxy) is 2. The number of anilines is 1. The first kappa shape index (κ1) is 21.0. The fraction of sp³-hybridized carbons (Fsp3) is 0.250. The lowest BCUT2D eigenvalue weighted by atomic mass is 10.1. The van der Waals surface area contributed by atoms with E-state index >= 15 is 0 Å². The van der Waals surface area contributed by atoms with E-state index < -0.39 is 35.7 Å². The third-order valence-electron chi connectivity index (χ3n) is 4.28. The van der Waals surface area contributed by atoms with Crippen molar-refractivity contribution in [2.45, 2.75) is 23.2 Å². The fourth-order valence-corrected chi connectivity index (χ4v) is 4.62. The second-order valence-corrected chi connectivity index (χ2v) is 7.89. The van der Waals surface area contributed by atoms with Gasteiger partial charge in [0.25, 0.3) is 5.91 Å². The number of hydrogen-bond acceptors (Lipinski definition) is 6. The summed E-state index contributed by atoms with van der Waals surface area (Å²) in [6, 6.07) is 11.9. The second-order valence-electron chi connectivity index (χ2n) is 6.27. The number of benzene rings is 2. The number of hydrogen-bond donors (Lipinski definition) is 1. The number of carbonyl (C=O) groups is 3. The molecule has 0 saturated carbocycles. The fourth-order valence-electron chi connectivity index (χ4n) is 3.03. The maximum atomic E-state index is 13.3. The van der Waals surface area contributed by atoms with Crippen molar-refractivity contribution in [2.24, 2.45) is 0 Å². The van der Waals surface area contributed by atoms with E-state index in [2.05, 4.69) is 0 Å². The van der Waals surface area contributed by atoms with Gasteiger partial charge in [-0.25, -0.2) is 0 Å². The van der Waals surface area contributed by atoms with Crippen molar-refractivity contribution in [1.29, 1.82) is 0 Å². The van der Waals surface area contributed by atoms with Crippen LogP contribution in [-0.2, 0) is 19.1 Å². The van der Waals surface area contributed by atoms with Gasteiger partial charge in [0.15, 0.2) is 6.10 Å². The van der Waals surface area contributed by atoms with Gasteiger partial charge in [0, 0.05) is 16.8 Å². The van der Waals surface area contributed by atoms with Crippen LogP contribution in [0.3, 0.4) is 0 Å². The molecule has 0 radical (unpaired) electrons. The number of methoxy groups -OCH3 is 1. The number of halogens is 1. The Morgan fingerprint density at radius 3 is 2.48 bits per heavy atom. The SMILES string of the molecule is COc1ccc(C2Sc3cc(Cl)ccc3N(CC(=O)O)C(=O)C2OC(C)=O)cc1. The monoisotopic (exact) mass is 435 g/mol. The number of rotatable bonds is 5. The third-order valence-corrected chi connectivity index (χ3v) is 5.87. The van der Waals surface area contributed by atoms with Crippen LogP contribution in [0, 0.1) is 0 Å². The van der Waals surface area contributed by atoms with E-state index in [4.69, 9.17) is 21.1 Å². The first-order valence-corrected chi connectivity index (χ1v) is 9.86. The zero-order chi connectivity index (χ0) is 21.1. The highest BCUT2D eigenvalue weighted by molar-refractivity contribution is 7.99. The molecule has 3 rings (SSSR count). The van der Waals surface area contributed by atoms with Crippen LogP contribution in [0.5, 0.6) is 5.75 Å². The molecule has 1 aliphatic heterocycles. The van der Waals surface area contributed by atoms with Crippen molar-refractivity contribution in [1.82, 2.24) is 0 Å². The molecule has 2 aromatic rings. The van der Waals surface area contributed by atoms with Gasteiger partial charge in [-0.1, -0.05) is 23.7 Å². The van der Waals surface area contributed by atoms with E-state index in [1.165, 1.54) is 18.7 Å². The third kappa shape index (κ3) is 4.65. The molecule has 1 amide bonds. The molecule has 1 heterocycles. The number of esters is 1. The average Bonchev–Trinajstić information content (AvgIpc) is 2.77. The van der Waals surface area contributed by atoms with E-state index in [1.807, 2.05) is 0 Å². The Balaban J connectivity index is 2.14. The van der Waals surface area contributed by atoms with Gasteiger partial charge in [0.1, 0.15) is 12.3 Å². The molecule has 0 spiro atoms. The second kappa shape index (κ2) is 8.75. The van der Waals surface area contributed by atoms with Gasteiger partial charge in [-0.05, 0) is 35.9 Å². The lowest BCUT2D eigenvalue weighted by molar-refractivity contribution is -0.153. The summed E-state index contributed by atoms with van der Waals surface area (Å²) in [5.41, 5.74) is 1.12. The molecule has 0 aliphatic carbocycles. The van der Waals surface area contributed by atoms with E-state index in [0.29, 0.717) is 21.4 Å². The maximum Gasteiger partial charge on any atom is 0.323 e. The largest absolute Gasteiger partial charge is 0.497 e. The Hall–Kier alpha value is -2.71. The molecule has 2 atom stereocenters. The number of carboxylic acids is 1. The number of amides is 1. The molecule has 29 heavy (non-hydrogen) atoms. The van der Waals surface area contributed by atoms with Crippen molar-refractivity contribution >= 4 is 46.9 Å². The summed E-state index contributed by atoms with van der Waals surface area (Å²) in [5, 5.41) is 9.16. The Labute approximate surface area is 176 Å². The molecule has 7 nitrogen and oxygen atoms in total. The van der Waals surface area contributed by atoms with Gasteiger partial charge in [0.2, 0.25) is 0 Å². The summed E-state index contributed by atoms with van der Waals surface area (Å²) in [5.74, 6) is -1.80. The summed E-state index contributed by atoms with van der Waals surface area (Å²) < 4.78 is 10.5. The lowest BCUT2D eigenvalue weighted by Gasteiger charge is -2.26. The van der Waals surface area contributed by atoms with E-state index in [1.54, 1.807) is 49.6 Å². The van der Waals surface area contributed by atoms with Crippen LogP contribution >= 0.6 is 23.4 Å². The van der Waals surface area contributed by atoms with Crippen molar-refractivity contribution in [3.05, 3.63) is 53.1 Å². The number of carboxylic acid groups (broad SMARTS) is 1. The van der Waals surface area contributed by atoms with E-state index in [9.17, 15) is 19.5 Å².